The minimum Gasteiger partial charge on any atom is -0.343 e. The highest BCUT2D eigenvalue weighted by molar-refractivity contribution is 5.95. The van der Waals surface area contributed by atoms with Gasteiger partial charge in [0, 0.05) is 31.6 Å². The molecular weight excluding hydrogens is 642 g/mol. The predicted octanol–water partition coefficient (Wildman–Crippen LogP) is 2.90. The van der Waals surface area contributed by atoms with Crippen molar-refractivity contribution >= 4 is 23.6 Å². The third kappa shape index (κ3) is 12.4. The van der Waals surface area contributed by atoms with Gasteiger partial charge in [0.05, 0.1) is 6.04 Å². The second-order valence-electron chi connectivity index (χ2n) is 14.9. The Hall–Kier alpha value is -3.80. The standard InChI is InChI=1S/C40H61N7O4/c1-28(2)25-35(38(49)43-34(18-10-11-21-41)40(51)46-23-19-32(20-24-46)47-22-12-13-29(47)3)45-39(50)36(27-31-16-8-5-9-17-31)44-37(48)33(42)26-30-14-6-4-7-15-30/h4-9,14-17,28-29,32-36H,10-13,18-27,41-42H2,1-3H3,(H,43,49)(H,44,48)(H,45,50)/t29-,33-,34-,35-,36-/m1/s1. The molecule has 2 aliphatic heterocycles. The second kappa shape index (κ2) is 20.3. The number of amides is 4. The van der Waals surface area contributed by atoms with E-state index >= 15 is 0 Å². The summed E-state index contributed by atoms with van der Waals surface area (Å²) < 4.78 is 0. The van der Waals surface area contributed by atoms with Crippen molar-refractivity contribution in [3.8, 4) is 0 Å². The molecule has 11 nitrogen and oxygen atoms in total. The molecule has 0 aromatic heterocycles. The van der Waals surface area contributed by atoms with Crippen molar-refractivity contribution in [2.75, 3.05) is 26.2 Å². The van der Waals surface area contributed by atoms with Crippen LogP contribution in [0, 0.1) is 5.92 Å². The van der Waals surface area contributed by atoms with Crippen LogP contribution in [-0.4, -0.2) is 95.9 Å². The topological polar surface area (TPSA) is 163 Å². The summed E-state index contributed by atoms with van der Waals surface area (Å²) in [6.45, 7) is 9.20. The van der Waals surface area contributed by atoms with Gasteiger partial charge in [0.1, 0.15) is 18.1 Å². The Morgan fingerprint density at radius 3 is 1.88 bits per heavy atom. The van der Waals surface area contributed by atoms with E-state index in [0.717, 1.165) is 36.9 Å². The molecule has 51 heavy (non-hydrogen) atoms. The summed E-state index contributed by atoms with van der Waals surface area (Å²) in [6, 6.07) is 16.5. The molecule has 11 heteroatoms. The molecule has 280 valence electrons. The number of benzene rings is 2. The second-order valence-corrected chi connectivity index (χ2v) is 14.9. The van der Waals surface area contributed by atoms with Gasteiger partial charge in [0.2, 0.25) is 23.6 Å². The van der Waals surface area contributed by atoms with E-state index in [-0.39, 0.29) is 18.2 Å². The fourth-order valence-corrected chi connectivity index (χ4v) is 7.43. The summed E-state index contributed by atoms with van der Waals surface area (Å²) in [6.07, 6.45) is 7.12. The number of carbonyl (C=O) groups is 4. The Balaban J connectivity index is 1.44. The number of piperidine rings is 1. The maximum Gasteiger partial charge on any atom is 0.245 e. The van der Waals surface area contributed by atoms with Crippen molar-refractivity contribution in [3.63, 3.8) is 0 Å². The van der Waals surface area contributed by atoms with Crippen LogP contribution in [0.25, 0.3) is 0 Å². The molecule has 5 atom stereocenters. The van der Waals surface area contributed by atoms with E-state index in [1.807, 2.05) is 79.4 Å². The lowest BCUT2D eigenvalue weighted by Gasteiger charge is -2.39. The summed E-state index contributed by atoms with van der Waals surface area (Å²) >= 11 is 0. The van der Waals surface area contributed by atoms with Crippen molar-refractivity contribution in [1.29, 1.82) is 0 Å². The lowest BCUT2D eigenvalue weighted by atomic mass is 9.98. The lowest BCUT2D eigenvalue weighted by Crippen LogP contribution is -2.59. The smallest absolute Gasteiger partial charge is 0.245 e. The average molecular weight is 704 g/mol. The fraction of sp³-hybridized carbons (Fsp3) is 0.600. The Morgan fingerprint density at radius 2 is 1.31 bits per heavy atom. The van der Waals surface area contributed by atoms with Crippen LogP contribution in [0.4, 0.5) is 0 Å². The summed E-state index contributed by atoms with van der Waals surface area (Å²) in [7, 11) is 0. The molecule has 0 unspecified atom stereocenters. The van der Waals surface area contributed by atoms with E-state index in [1.165, 1.54) is 12.8 Å². The quantitative estimate of drug-likeness (QED) is 0.149. The number of unbranched alkanes of at least 4 members (excludes halogenated alkanes) is 1. The molecule has 2 aromatic rings. The zero-order valence-corrected chi connectivity index (χ0v) is 30.9. The van der Waals surface area contributed by atoms with Crippen LogP contribution in [-0.2, 0) is 32.0 Å². The van der Waals surface area contributed by atoms with Gasteiger partial charge in [-0.2, -0.15) is 0 Å². The van der Waals surface area contributed by atoms with Gasteiger partial charge in [0.25, 0.3) is 0 Å². The molecule has 0 saturated carbocycles. The number of nitrogens with zero attached hydrogens (tertiary/aromatic N) is 2. The molecule has 2 saturated heterocycles. The normalized spacial score (nSPS) is 19.3. The van der Waals surface area contributed by atoms with Gasteiger partial charge < -0.3 is 32.3 Å². The van der Waals surface area contributed by atoms with Crippen molar-refractivity contribution in [3.05, 3.63) is 71.8 Å². The third-order valence-electron chi connectivity index (χ3n) is 10.3. The molecule has 0 aliphatic carbocycles. The van der Waals surface area contributed by atoms with Crippen LogP contribution in [0.15, 0.2) is 60.7 Å². The van der Waals surface area contributed by atoms with E-state index in [9.17, 15) is 19.2 Å². The zero-order chi connectivity index (χ0) is 36.8. The molecule has 2 aromatic carbocycles. The fourth-order valence-electron chi connectivity index (χ4n) is 7.43. The first-order chi connectivity index (χ1) is 24.5. The summed E-state index contributed by atoms with van der Waals surface area (Å²) in [5, 5.41) is 8.83. The molecule has 4 amide bonds. The highest BCUT2D eigenvalue weighted by Gasteiger charge is 2.35. The third-order valence-corrected chi connectivity index (χ3v) is 10.3. The van der Waals surface area contributed by atoms with Crippen LogP contribution in [0.3, 0.4) is 0 Å². The maximum absolute atomic E-state index is 14.0. The summed E-state index contributed by atoms with van der Waals surface area (Å²) in [5.41, 5.74) is 13.8. The van der Waals surface area contributed by atoms with Gasteiger partial charge >= 0.3 is 0 Å². The molecule has 4 rings (SSSR count). The average Bonchev–Trinajstić information content (AvgIpc) is 3.56. The molecule has 2 aliphatic rings. The van der Waals surface area contributed by atoms with Crippen LogP contribution in [0.1, 0.15) is 83.3 Å². The first-order valence-electron chi connectivity index (χ1n) is 19.0. The van der Waals surface area contributed by atoms with Crippen LogP contribution < -0.4 is 27.4 Å². The van der Waals surface area contributed by atoms with Crippen molar-refractivity contribution < 1.29 is 19.2 Å². The van der Waals surface area contributed by atoms with Crippen molar-refractivity contribution in [2.45, 2.75) is 121 Å². The predicted molar refractivity (Wildman–Crippen MR) is 201 cm³/mol. The van der Waals surface area contributed by atoms with E-state index in [0.29, 0.717) is 57.4 Å². The first-order valence-corrected chi connectivity index (χ1v) is 19.0. The number of hydrogen-bond donors (Lipinski definition) is 5. The van der Waals surface area contributed by atoms with E-state index in [2.05, 4.69) is 27.8 Å². The Morgan fingerprint density at radius 1 is 0.745 bits per heavy atom. The largest absolute Gasteiger partial charge is 0.343 e. The molecular formula is C40H61N7O4. The first kappa shape index (κ1) is 40.0. The zero-order valence-electron chi connectivity index (χ0n) is 30.9. The number of nitrogens with two attached hydrogens (primary N) is 2. The number of likely N-dealkylation sites (tertiary alicyclic amines) is 2. The Labute approximate surface area is 304 Å². The van der Waals surface area contributed by atoms with E-state index in [4.69, 9.17) is 11.5 Å². The highest BCUT2D eigenvalue weighted by Crippen LogP contribution is 2.26. The summed E-state index contributed by atoms with van der Waals surface area (Å²) in [4.78, 5) is 59.7. The lowest BCUT2D eigenvalue weighted by molar-refractivity contribution is -0.139. The van der Waals surface area contributed by atoms with Crippen LogP contribution in [0.2, 0.25) is 0 Å². The molecule has 2 heterocycles. The number of carbonyl (C=O) groups excluding carboxylic acids is 4. The molecule has 0 bridgehead atoms. The molecule has 0 spiro atoms. The van der Waals surface area contributed by atoms with Crippen LogP contribution in [0.5, 0.6) is 0 Å². The van der Waals surface area contributed by atoms with E-state index < -0.39 is 41.9 Å². The van der Waals surface area contributed by atoms with Gasteiger partial charge in [-0.1, -0.05) is 74.5 Å². The van der Waals surface area contributed by atoms with Gasteiger partial charge in [-0.05, 0) is 94.8 Å². The highest BCUT2D eigenvalue weighted by atomic mass is 16.2. The van der Waals surface area contributed by atoms with Crippen molar-refractivity contribution in [1.82, 2.24) is 25.8 Å². The minimum absolute atomic E-state index is 0.0703. The maximum atomic E-state index is 14.0. The van der Waals surface area contributed by atoms with Gasteiger partial charge in [-0.3, -0.25) is 24.1 Å². The van der Waals surface area contributed by atoms with Gasteiger partial charge in [-0.25, -0.2) is 0 Å². The number of hydrogen-bond acceptors (Lipinski definition) is 7. The molecule has 7 N–H and O–H groups in total. The van der Waals surface area contributed by atoms with E-state index in [1.54, 1.807) is 0 Å². The van der Waals surface area contributed by atoms with Gasteiger partial charge in [-0.15, -0.1) is 0 Å². The Kier molecular flexibility index (Phi) is 15.9. The summed E-state index contributed by atoms with van der Waals surface area (Å²) in [5.74, 6) is -1.35. The van der Waals surface area contributed by atoms with Crippen LogP contribution >= 0.6 is 0 Å². The molecule has 2 fully saturated rings. The number of nitrogens with one attached hydrogen (secondary N) is 3. The SMILES string of the molecule is CC(C)C[C@@H](NC(=O)[C@@H](Cc1ccccc1)NC(=O)[C@H](N)Cc1ccccc1)C(=O)N[C@H](CCCCN)C(=O)N1CCC(N2CCC[C@H]2C)CC1. The van der Waals surface area contributed by atoms with Gasteiger partial charge in [0.15, 0.2) is 0 Å². The Bertz CT molecular complexity index is 1380. The monoisotopic (exact) mass is 703 g/mol. The minimum atomic E-state index is -0.967. The number of rotatable bonds is 18. The molecule has 0 radical (unpaired) electrons. The van der Waals surface area contributed by atoms with Crippen molar-refractivity contribution in [2.24, 2.45) is 17.4 Å².